The topological polar surface area (TPSA) is 140 Å². The van der Waals surface area contributed by atoms with Gasteiger partial charge in [-0.25, -0.2) is 9.78 Å². The quantitative estimate of drug-likeness (QED) is 0.346. The van der Waals surface area contributed by atoms with Crippen LogP contribution in [-0.2, 0) is 0 Å². The van der Waals surface area contributed by atoms with Gasteiger partial charge < -0.3 is 31.0 Å². The summed E-state index contributed by atoms with van der Waals surface area (Å²) in [5.41, 5.74) is 9.86. The molecule has 1 fully saturated rings. The minimum atomic E-state index is -0.868. The highest BCUT2D eigenvalue weighted by Crippen LogP contribution is 2.29. The number of nitrogens with two attached hydrogens (primary N) is 1. The van der Waals surface area contributed by atoms with Gasteiger partial charge in [0.1, 0.15) is 11.4 Å². The molecule has 5 rings (SSSR count). The van der Waals surface area contributed by atoms with Crippen LogP contribution in [0.5, 0.6) is 0 Å². The molecule has 31 heavy (non-hydrogen) atoms. The van der Waals surface area contributed by atoms with Crippen molar-refractivity contribution < 1.29 is 9.90 Å². The van der Waals surface area contributed by atoms with Crippen molar-refractivity contribution >= 4 is 39.4 Å². The molecule has 2 aromatic carbocycles. The number of para-hydroxylation sites is 1. The number of pyridine rings is 1. The van der Waals surface area contributed by atoms with E-state index >= 15 is 0 Å². The van der Waals surface area contributed by atoms with Crippen LogP contribution in [0.3, 0.4) is 0 Å². The number of benzene rings is 2. The summed E-state index contributed by atoms with van der Waals surface area (Å²) in [5.74, 6) is 0.423. The van der Waals surface area contributed by atoms with Gasteiger partial charge in [0.2, 0.25) is 0 Å². The van der Waals surface area contributed by atoms with E-state index in [4.69, 9.17) is 10.8 Å². The summed E-state index contributed by atoms with van der Waals surface area (Å²) >= 11 is 0. The second-order valence-electron chi connectivity index (χ2n) is 7.79. The summed E-state index contributed by atoms with van der Waals surface area (Å²) in [6.45, 7) is 1.04. The SMILES string of the molecule is Nc1c(-c2nc3ccc(NC4CCN(C(=O)O)CC4)cc3[nH]2)c(=O)[nH]c2ccccc12. The molecule has 0 radical (unpaired) electrons. The van der Waals surface area contributed by atoms with Crippen molar-refractivity contribution in [2.45, 2.75) is 18.9 Å². The number of carboxylic acid groups (broad SMARTS) is 1. The van der Waals surface area contributed by atoms with Crippen LogP contribution < -0.4 is 16.6 Å². The molecule has 3 heterocycles. The normalized spacial score (nSPS) is 14.9. The van der Waals surface area contributed by atoms with Gasteiger partial charge in [-0.1, -0.05) is 18.2 Å². The maximum Gasteiger partial charge on any atom is 0.407 e. The van der Waals surface area contributed by atoms with Gasteiger partial charge in [-0.2, -0.15) is 0 Å². The van der Waals surface area contributed by atoms with Crippen molar-refractivity contribution in [3.63, 3.8) is 0 Å². The summed E-state index contributed by atoms with van der Waals surface area (Å²) in [6.07, 6.45) is 0.635. The number of rotatable bonds is 3. The Hall–Kier alpha value is -4.01. The molecule has 0 spiro atoms. The van der Waals surface area contributed by atoms with E-state index in [9.17, 15) is 9.59 Å². The molecule has 0 saturated carbocycles. The number of nitrogens with zero attached hydrogens (tertiary/aromatic N) is 2. The average Bonchev–Trinajstić information content (AvgIpc) is 3.17. The predicted molar refractivity (Wildman–Crippen MR) is 120 cm³/mol. The van der Waals surface area contributed by atoms with E-state index in [1.165, 1.54) is 4.90 Å². The Labute approximate surface area is 176 Å². The van der Waals surface area contributed by atoms with Crippen LogP contribution in [0, 0.1) is 0 Å². The summed E-state index contributed by atoms with van der Waals surface area (Å²) in [7, 11) is 0. The molecule has 1 saturated heterocycles. The molecule has 0 unspecified atom stereocenters. The number of aromatic amines is 2. The molecule has 6 N–H and O–H groups in total. The Kier molecular flexibility index (Phi) is 4.50. The smallest absolute Gasteiger partial charge is 0.407 e. The summed E-state index contributed by atoms with van der Waals surface area (Å²) in [6, 6.07) is 13.4. The first kappa shape index (κ1) is 19.0. The summed E-state index contributed by atoms with van der Waals surface area (Å²) < 4.78 is 0. The van der Waals surface area contributed by atoms with E-state index < -0.39 is 6.09 Å². The molecule has 9 nitrogen and oxygen atoms in total. The monoisotopic (exact) mass is 418 g/mol. The maximum absolute atomic E-state index is 12.7. The summed E-state index contributed by atoms with van der Waals surface area (Å²) in [5, 5.41) is 13.3. The van der Waals surface area contributed by atoms with Crippen LogP contribution in [0.25, 0.3) is 33.3 Å². The van der Waals surface area contributed by atoms with Crippen LogP contribution in [-0.4, -0.2) is 50.2 Å². The van der Waals surface area contributed by atoms with E-state index in [0.717, 1.165) is 34.9 Å². The average molecular weight is 418 g/mol. The lowest BCUT2D eigenvalue weighted by Gasteiger charge is -2.31. The molecule has 158 valence electrons. The number of anilines is 2. The van der Waals surface area contributed by atoms with Gasteiger partial charge in [-0.05, 0) is 37.1 Å². The molecule has 0 bridgehead atoms. The van der Waals surface area contributed by atoms with Gasteiger partial charge in [0.05, 0.1) is 22.2 Å². The zero-order valence-corrected chi connectivity index (χ0v) is 16.7. The zero-order chi connectivity index (χ0) is 21.5. The number of nitrogen functional groups attached to an aromatic ring is 1. The van der Waals surface area contributed by atoms with Gasteiger partial charge in [0, 0.05) is 30.2 Å². The van der Waals surface area contributed by atoms with Gasteiger partial charge in [0.15, 0.2) is 0 Å². The van der Waals surface area contributed by atoms with Crippen LogP contribution >= 0.6 is 0 Å². The maximum atomic E-state index is 12.7. The van der Waals surface area contributed by atoms with Crippen LogP contribution in [0.15, 0.2) is 47.3 Å². The number of carbonyl (C=O) groups is 1. The number of hydrogen-bond donors (Lipinski definition) is 5. The zero-order valence-electron chi connectivity index (χ0n) is 16.7. The number of likely N-dealkylation sites (tertiary alicyclic amines) is 1. The lowest BCUT2D eigenvalue weighted by atomic mass is 10.0. The Morgan fingerprint density at radius 3 is 2.68 bits per heavy atom. The van der Waals surface area contributed by atoms with Gasteiger partial charge in [-0.15, -0.1) is 0 Å². The van der Waals surface area contributed by atoms with Crippen molar-refractivity contribution in [2.24, 2.45) is 0 Å². The van der Waals surface area contributed by atoms with E-state index in [1.807, 2.05) is 42.5 Å². The molecule has 2 aromatic heterocycles. The number of H-pyrrole nitrogens is 2. The molecule has 0 aliphatic carbocycles. The number of imidazole rings is 1. The minimum absolute atomic E-state index is 0.203. The molecule has 1 amide bonds. The Balaban J connectivity index is 1.44. The molecular weight excluding hydrogens is 396 g/mol. The fraction of sp³-hybridized carbons (Fsp3) is 0.227. The standard InChI is InChI=1S/C22H22N6O3/c23-19-14-3-1-2-4-15(14)27-21(29)18(19)20-25-16-6-5-13(11-17(16)26-20)24-12-7-9-28(10-8-12)22(30)31/h1-6,11-12,24H,7-10H2,(H,25,26)(H,30,31)(H3,23,27,29). The van der Waals surface area contributed by atoms with Crippen molar-refractivity contribution in [3.8, 4) is 11.4 Å². The number of hydrogen-bond acceptors (Lipinski definition) is 5. The van der Waals surface area contributed by atoms with E-state index in [-0.39, 0.29) is 11.6 Å². The van der Waals surface area contributed by atoms with Crippen molar-refractivity contribution in [1.82, 2.24) is 19.9 Å². The first-order chi connectivity index (χ1) is 15.0. The second-order valence-corrected chi connectivity index (χ2v) is 7.79. The highest BCUT2D eigenvalue weighted by molar-refractivity contribution is 5.97. The Bertz CT molecular complexity index is 1350. The Morgan fingerprint density at radius 2 is 1.90 bits per heavy atom. The number of fused-ring (bicyclic) bond motifs is 2. The van der Waals surface area contributed by atoms with Crippen molar-refractivity contribution in [1.29, 1.82) is 0 Å². The Morgan fingerprint density at radius 1 is 1.13 bits per heavy atom. The molecule has 4 aromatic rings. The van der Waals surface area contributed by atoms with E-state index in [2.05, 4.69) is 20.3 Å². The first-order valence-electron chi connectivity index (χ1n) is 10.1. The highest BCUT2D eigenvalue weighted by atomic mass is 16.4. The van der Waals surface area contributed by atoms with E-state index in [1.54, 1.807) is 0 Å². The number of piperidine rings is 1. The third-order valence-corrected chi connectivity index (χ3v) is 5.82. The van der Waals surface area contributed by atoms with Crippen molar-refractivity contribution in [2.75, 3.05) is 24.1 Å². The first-order valence-corrected chi connectivity index (χ1v) is 10.1. The lowest BCUT2D eigenvalue weighted by Crippen LogP contribution is -2.41. The van der Waals surface area contributed by atoms with Gasteiger partial charge in [-0.3, -0.25) is 4.79 Å². The molecule has 1 aliphatic heterocycles. The van der Waals surface area contributed by atoms with Crippen LogP contribution in [0.1, 0.15) is 12.8 Å². The van der Waals surface area contributed by atoms with Gasteiger partial charge >= 0.3 is 6.09 Å². The number of aromatic nitrogens is 3. The summed E-state index contributed by atoms with van der Waals surface area (Å²) in [4.78, 5) is 35.8. The fourth-order valence-electron chi connectivity index (χ4n) is 4.17. The third kappa shape index (κ3) is 3.43. The fourth-order valence-corrected chi connectivity index (χ4v) is 4.17. The van der Waals surface area contributed by atoms with Crippen LogP contribution in [0.4, 0.5) is 16.2 Å². The van der Waals surface area contributed by atoms with Crippen LogP contribution in [0.2, 0.25) is 0 Å². The minimum Gasteiger partial charge on any atom is -0.465 e. The second kappa shape index (κ2) is 7.35. The molecular formula is C22H22N6O3. The van der Waals surface area contributed by atoms with Gasteiger partial charge in [0.25, 0.3) is 5.56 Å². The lowest BCUT2D eigenvalue weighted by molar-refractivity contribution is 0.134. The largest absolute Gasteiger partial charge is 0.465 e. The highest BCUT2D eigenvalue weighted by Gasteiger charge is 2.22. The van der Waals surface area contributed by atoms with E-state index in [0.29, 0.717) is 35.7 Å². The molecule has 9 heteroatoms. The molecule has 0 atom stereocenters. The van der Waals surface area contributed by atoms with Crippen molar-refractivity contribution in [3.05, 3.63) is 52.8 Å². The number of nitrogens with one attached hydrogen (secondary N) is 3. The predicted octanol–water partition coefficient (Wildman–Crippen LogP) is 3.21. The third-order valence-electron chi connectivity index (χ3n) is 5.82. The number of amides is 1. The molecule has 1 aliphatic rings.